The number of aryl methyl sites for hydroxylation is 1. The number of rotatable bonds is 4. The Hall–Kier alpha value is -1.97. The Morgan fingerprint density at radius 2 is 1.93 bits per heavy atom. The number of sulfonamides is 1. The highest BCUT2D eigenvalue weighted by Gasteiger charge is 2.30. The third kappa shape index (κ3) is 4.06. The molecular formula is C19H24N4O3S2. The molecule has 2 aliphatic rings. The highest BCUT2D eigenvalue weighted by Crippen LogP contribution is 2.31. The van der Waals surface area contributed by atoms with E-state index in [0.29, 0.717) is 23.0 Å². The van der Waals surface area contributed by atoms with Crippen molar-refractivity contribution in [3.63, 3.8) is 0 Å². The van der Waals surface area contributed by atoms with Gasteiger partial charge in [0.15, 0.2) is 5.13 Å². The van der Waals surface area contributed by atoms with E-state index in [0.717, 1.165) is 41.8 Å². The third-order valence-electron chi connectivity index (χ3n) is 5.27. The number of fused-ring (bicyclic) bond motifs is 1. The van der Waals surface area contributed by atoms with Crippen LogP contribution in [0.1, 0.15) is 41.8 Å². The van der Waals surface area contributed by atoms with Gasteiger partial charge in [-0.05, 0) is 31.9 Å². The number of nitrogens with one attached hydrogen (secondary N) is 2. The van der Waals surface area contributed by atoms with Gasteiger partial charge in [-0.3, -0.25) is 5.32 Å². The van der Waals surface area contributed by atoms with E-state index in [1.807, 2.05) is 6.92 Å². The summed E-state index contributed by atoms with van der Waals surface area (Å²) in [6.07, 6.45) is 4.90. The Bertz CT molecular complexity index is 964. The molecule has 9 heteroatoms. The van der Waals surface area contributed by atoms with Gasteiger partial charge >= 0.3 is 6.03 Å². The Morgan fingerprint density at radius 1 is 1.21 bits per heavy atom. The lowest BCUT2D eigenvalue weighted by Gasteiger charge is -2.25. The highest BCUT2D eigenvalue weighted by atomic mass is 32.2. The fourth-order valence-corrected chi connectivity index (χ4v) is 6.19. The van der Waals surface area contributed by atoms with Crippen molar-refractivity contribution in [2.24, 2.45) is 0 Å². The molecule has 7 nitrogen and oxygen atoms in total. The summed E-state index contributed by atoms with van der Waals surface area (Å²) in [5.41, 5.74) is 1.89. The number of hydrogen-bond donors (Lipinski definition) is 2. The van der Waals surface area contributed by atoms with Crippen LogP contribution in [0.3, 0.4) is 0 Å². The van der Waals surface area contributed by atoms with Gasteiger partial charge in [-0.15, -0.1) is 0 Å². The maximum Gasteiger partial charge on any atom is 0.321 e. The molecule has 1 saturated carbocycles. The number of benzene rings is 1. The monoisotopic (exact) mass is 420 g/mol. The van der Waals surface area contributed by atoms with Crippen LogP contribution in [-0.4, -0.2) is 36.3 Å². The minimum Gasteiger partial charge on any atom is -0.335 e. The number of anilines is 1. The summed E-state index contributed by atoms with van der Waals surface area (Å²) >= 11 is 1.35. The molecule has 0 saturated heterocycles. The van der Waals surface area contributed by atoms with E-state index in [-0.39, 0.29) is 18.6 Å². The summed E-state index contributed by atoms with van der Waals surface area (Å²) in [7, 11) is -3.54. The first-order valence-electron chi connectivity index (χ1n) is 9.55. The van der Waals surface area contributed by atoms with Crippen LogP contribution in [-0.2, 0) is 23.0 Å². The molecule has 0 radical (unpaired) electrons. The van der Waals surface area contributed by atoms with Crippen LogP contribution >= 0.6 is 11.3 Å². The van der Waals surface area contributed by atoms with Gasteiger partial charge in [0.05, 0.1) is 17.1 Å². The Labute approximate surface area is 169 Å². The topological polar surface area (TPSA) is 91.4 Å². The molecular weight excluding hydrogens is 396 g/mol. The van der Waals surface area contributed by atoms with E-state index < -0.39 is 10.0 Å². The summed E-state index contributed by atoms with van der Waals surface area (Å²) in [4.78, 5) is 17.8. The summed E-state index contributed by atoms with van der Waals surface area (Å²) in [5, 5.41) is 6.31. The summed E-state index contributed by atoms with van der Waals surface area (Å²) in [6.45, 7) is 2.61. The lowest BCUT2D eigenvalue weighted by Crippen LogP contribution is -2.36. The number of nitrogens with zero attached hydrogens (tertiary/aromatic N) is 2. The molecule has 1 aliphatic heterocycles. The Morgan fingerprint density at radius 3 is 2.64 bits per heavy atom. The smallest absolute Gasteiger partial charge is 0.321 e. The maximum atomic E-state index is 12.9. The molecule has 2 heterocycles. The highest BCUT2D eigenvalue weighted by molar-refractivity contribution is 7.89. The van der Waals surface area contributed by atoms with Crippen molar-refractivity contribution < 1.29 is 13.2 Å². The molecule has 0 unspecified atom stereocenters. The van der Waals surface area contributed by atoms with Crippen molar-refractivity contribution >= 4 is 32.5 Å². The molecule has 0 spiro atoms. The first kappa shape index (κ1) is 19.4. The second-order valence-corrected chi connectivity index (χ2v) is 10.4. The molecule has 1 fully saturated rings. The van der Waals surface area contributed by atoms with E-state index in [1.165, 1.54) is 15.6 Å². The molecule has 150 valence electrons. The molecule has 0 bridgehead atoms. The fraction of sp³-hybridized carbons (Fsp3) is 0.474. The predicted molar refractivity (Wildman–Crippen MR) is 109 cm³/mol. The van der Waals surface area contributed by atoms with Crippen molar-refractivity contribution in [1.29, 1.82) is 0 Å². The number of urea groups is 1. The van der Waals surface area contributed by atoms with Crippen LogP contribution in [0.2, 0.25) is 0 Å². The van der Waals surface area contributed by atoms with Gasteiger partial charge in [-0.1, -0.05) is 41.9 Å². The van der Waals surface area contributed by atoms with Gasteiger partial charge in [0.1, 0.15) is 0 Å². The zero-order valence-electron chi connectivity index (χ0n) is 15.8. The van der Waals surface area contributed by atoms with Crippen molar-refractivity contribution in [1.82, 2.24) is 14.6 Å². The zero-order chi connectivity index (χ0) is 19.7. The zero-order valence-corrected chi connectivity index (χ0v) is 17.4. The molecule has 2 aromatic rings. The van der Waals surface area contributed by atoms with Gasteiger partial charge in [-0.2, -0.15) is 4.31 Å². The van der Waals surface area contributed by atoms with E-state index in [9.17, 15) is 13.2 Å². The average Bonchev–Trinajstić information content (AvgIpc) is 3.30. The molecule has 2 amide bonds. The summed E-state index contributed by atoms with van der Waals surface area (Å²) in [5.74, 6) is 0. The quantitative estimate of drug-likeness (QED) is 0.794. The molecule has 4 rings (SSSR count). The van der Waals surface area contributed by atoms with Crippen molar-refractivity contribution in [2.45, 2.75) is 56.5 Å². The van der Waals surface area contributed by atoms with Crippen LogP contribution < -0.4 is 10.6 Å². The Kier molecular flexibility index (Phi) is 5.39. The van der Waals surface area contributed by atoms with Crippen LogP contribution in [0.25, 0.3) is 0 Å². The maximum absolute atomic E-state index is 12.9. The molecule has 28 heavy (non-hydrogen) atoms. The summed E-state index contributed by atoms with van der Waals surface area (Å²) in [6, 6.07) is 6.91. The van der Waals surface area contributed by atoms with Crippen molar-refractivity contribution in [3.8, 4) is 0 Å². The van der Waals surface area contributed by atoms with Crippen molar-refractivity contribution in [2.75, 3.05) is 11.9 Å². The molecule has 2 N–H and O–H groups in total. The minimum absolute atomic E-state index is 0.234. The molecule has 0 atom stereocenters. The second-order valence-electron chi connectivity index (χ2n) is 7.37. The van der Waals surface area contributed by atoms with Gasteiger partial charge in [0, 0.05) is 23.9 Å². The lowest BCUT2D eigenvalue weighted by molar-refractivity contribution is 0.248. The number of carbonyl (C=O) groups excluding carboxylic acids is 1. The molecule has 1 aromatic carbocycles. The van der Waals surface area contributed by atoms with Crippen LogP contribution in [0, 0.1) is 6.92 Å². The second kappa shape index (κ2) is 7.81. The van der Waals surface area contributed by atoms with Gasteiger partial charge in [0.25, 0.3) is 0 Å². The van der Waals surface area contributed by atoms with E-state index >= 15 is 0 Å². The number of carbonyl (C=O) groups is 1. The van der Waals surface area contributed by atoms with Crippen LogP contribution in [0.4, 0.5) is 9.93 Å². The van der Waals surface area contributed by atoms with Gasteiger partial charge in [-0.25, -0.2) is 18.2 Å². The predicted octanol–water partition coefficient (Wildman–Crippen LogP) is 3.26. The number of thiazole rings is 1. The number of hydrogen-bond acceptors (Lipinski definition) is 5. The SMILES string of the molecule is Cc1ccc(S(=O)(=O)N2CCc3nc(NC(=O)NC4CCCC4)sc3C2)cc1. The Balaban J connectivity index is 1.44. The van der Waals surface area contributed by atoms with Crippen molar-refractivity contribution in [3.05, 3.63) is 40.4 Å². The van der Waals surface area contributed by atoms with Gasteiger partial charge in [0.2, 0.25) is 10.0 Å². The third-order valence-corrected chi connectivity index (χ3v) is 8.12. The van der Waals surface area contributed by atoms with E-state index in [2.05, 4.69) is 15.6 Å². The normalized spacial score (nSPS) is 18.0. The fourth-order valence-electron chi connectivity index (χ4n) is 3.68. The number of amides is 2. The van der Waals surface area contributed by atoms with Gasteiger partial charge < -0.3 is 5.32 Å². The first-order valence-corrected chi connectivity index (χ1v) is 11.8. The lowest BCUT2D eigenvalue weighted by atomic mass is 10.2. The number of aromatic nitrogens is 1. The standard InChI is InChI=1S/C19H24N4O3S2/c1-13-6-8-15(9-7-13)28(25,26)23-11-10-16-17(12-23)27-19(21-16)22-18(24)20-14-4-2-3-5-14/h6-9,14H,2-5,10-12H2,1H3,(H2,20,21,22,24). The van der Waals surface area contributed by atoms with E-state index in [4.69, 9.17) is 0 Å². The summed E-state index contributed by atoms with van der Waals surface area (Å²) < 4.78 is 27.3. The molecule has 1 aliphatic carbocycles. The minimum atomic E-state index is -3.54. The van der Waals surface area contributed by atoms with E-state index in [1.54, 1.807) is 24.3 Å². The average molecular weight is 421 g/mol. The van der Waals surface area contributed by atoms with Crippen LogP contribution in [0.5, 0.6) is 0 Å². The molecule has 1 aromatic heterocycles. The largest absolute Gasteiger partial charge is 0.335 e. The van der Waals surface area contributed by atoms with Crippen LogP contribution in [0.15, 0.2) is 29.2 Å². The first-order chi connectivity index (χ1) is 13.4.